The minimum Gasteiger partial charge on any atom is -0.512 e. The summed E-state index contributed by atoms with van der Waals surface area (Å²) in [6.07, 6.45) is 4.91. The minimum atomic E-state index is -0.417. The van der Waals surface area contributed by atoms with Gasteiger partial charge in [0.2, 0.25) is 0 Å². The topological polar surface area (TPSA) is 63.1 Å². The van der Waals surface area contributed by atoms with Crippen LogP contribution in [-0.4, -0.2) is 20.9 Å². The SMILES string of the molecule is CC(C)(C)C(=O)/C=C(\O)C(C)(C)C.[Pt].[c-]1cc(-c2ccccn2)ccc1-c1ccccn1. The number of benzene rings is 1. The molecular formula is C27H31N2O2Pt-. The molecule has 2 aromatic heterocycles. The van der Waals surface area contributed by atoms with Gasteiger partial charge in [-0.2, -0.15) is 0 Å². The van der Waals surface area contributed by atoms with E-state index in [1.807, 2.05) is 96.1 Å². The summed E-state index contributed by atoms with van der Waals surface area (Å²) in [6, 6.07) is 21.0. The molecule has 172 valence electrons. The standard InChI is InChI=1S/C16H11N2.C11H20O2.Pt/c1-3-11-17-15(5-1)13-7-9-14(10-8-13)16-6-2-4-12-18-16;1-10(2,3)8(12)7-9(13)11(4,5)6;/h1-9,11-12H;7,12H,1-6H3;/q-1;;/b;8-7-;. The molecule has 0 saturated carbocycles. The van der Waals surface area contributed by atoms with E-state index in [0.717, 1.165) is 22.5 Å². The van der Waals surface area contributed by atoms with Crippen molar-refractivity contribution in [3.05, 3.63) is 84.9 Å². The number of ketones is 1. The van der Waals surface area contributed by atoms with Gasteiger partial charge in [-0.25, -0.2) is 0 Å². The number of aliphatic hydroxyl groups excluding tert-OH is 1. The molecule has 4 nitrogen and oxygen atoms in total. The van der Waals surface area contributed by atoms with Crippen LogP contribution < -0.4 is 0 Å². The normalized spacial score (nSPS) is 11.6. The van der Waals surface area contributed by atoms with E-state index in [4.69, 9.17) is 0 Å². The molecule has 1 aromatic carbocycles. The predicted molar refractivity (Wildman–Crippen MR) is 126 cm³/mol. The molecule has 2 heterocycles. The van der Waals surface area contributed by atoms with Crippen LogP contribution in [0.1, 0.15) is 41.5 Å². The summed E-state index contributed by atoms with van der Waals surface area (Å²) in [5.74, 6) is 0.104. The molecule has 0 atom stereocenters. The Morgan fingerprint density at radius 3 is 1.81 bits per heavy atom. The van der Waals surface area contributed by atoms with Crippen LogP contribution in [-0.2, 0) is 25.9 Å². The van der Waals surface area contributed by atoms with Crippen molar-refractivity contribution in [1.82, 2.24) is 9.97 Å². The first-order valence-corrected chi connectivity index (χ1v) is 10.3. The average molecular weight is 611 g/mol. The number of allylic oxidation sites excluding steroid dienone is 2. The first-order valence-electron chi connectivity index (χ1n) is 10.3. The Kier molecular flexibility index (Phi) is 10.2. The van der Waals surface area contributed by atoms with E-state index in [1.165, 1.54) is 6.08 Å². The van der Waals surface area contributed by atoms with E-state index in [0.29, 0.717) is 0 Å². The number of rotatable bonds is 3. The van der Waals surface area contributed by atoms with Crippen LogP contribution in [0.5, 0.6) is 0 Å². The molecular weight excluding hydrogens is 579 g/mol. The van der Waals surface area contributed by atoms with Gasteiger partial charge in [0.1, 0.15) is 5.76 Å². The largest absolute Gasteiger partial charge is 0.512 e. The van der Waals surface area contributed by atoms with Crippen LogP contribution in [0.15, 0.2) is 78.8 Å². The molecule has 0 bridgehead atoms. The molecule has 0 fully saturated rings. The van der Waals surface area contributed by atoms with Gasteiger partial charge in [-0.1, -0.05) is 65.3 Å². The van der Waals surface area contributed by atoms with Crippen LogP contribution in [0.3, 0.4) is 0 Å². The van der Waals surface area contributed by atoms with Crippen molar-refractivity contribution in [2.45, 2.75) is 41.5 Å². The zero-order valence-electron chi connectivity index (χ0n) is 19.5. The zero-order valence-corrected chi connectivity index (χ0v) is 21.8. The van der Waals surface area contributed by atoms with E-state index in [2.05, 4.69) is 16.0 Å². The Bertz CT molecular complexity index is 943. The van der Waals surface area contributed by atoms with Crippen LogP contribution in [0.2, 0.25) is 0 Å². The fourth-order valence-corrected chi connectivity index (χ4v) is 2.36. The van der Waals surface area contributed by atoms with Crippen LogP contribution >= 0.6 is 0 Å². The number of hydrogen-bond acceptors (Lipinski definition) is 4. The van der Waals surface area contributed by atoms with E-state index in [1.54, 1.807) is 12.4 Å². The predicted octanol–water partition coefficient (Wildman–Crippen LogP) is 6.70. The maximum atomic E-state index is 11.5. The third-order valence-electron chi connectivity index (χ3n) is 4.49. The van der Waals surface area contributed by atoms with Crippen molar-refractivity contribution in [1.29, 1.82) is 0 Å². The summed E-state index contributed by atoms with van der Waals surface area (Å²) in [6.45, 7) is 11.1. The van der Waals surface area contributed by atoms with Gasteiger partial charge in [0.15, 0.2) is 5.78 Å². The molecule has 0 spiro atoms. The Balaban J connectivity index is 0.000000330. The van der Waals surface area contributed by atoms with Gasteiger partial charge >= 0.3 is 0 Å². The van der Waals surface area contributed by atoms with Crippen molar-refractivity contribution >= 4 is 5.78 Å². The average Bonchev–Trinajstić information content (AvgIpc) is 2.74. The fraction of sp³-hybridized carbons (Fsp3) is 0.296. The quantitative estimate of drug-likeness (QED) is 0.204. The van der Waals surface area contributed by atoms with Gasteiger partial charge in [-0.05, 0) is 23.9 Å². The molecule has 0 radical (unpaired) electrons. The summed E-state index contributed by atoms with van der Waals surface area (Å²) < 4.78 is 0. The number of aromatic nitrogens is 2. The third kappa shape index (κ3) is 8.51. The molecule has 5 heteroatoms. The van der Waals surface area contributed by atoms with Gasteiger partial charge in [0.05, 0.1) is 0 Å². The second-order valence-electron chi connectivity index (χ2n) is 9.31. The molecule has 3 rings (SSSR count). The van der Waals surface area contributed by atoms with Gasteiger partial charge in [-0.15, -0.1) is 29.8 Å². The summed E-state index contributed by atoms with van der Waals surface area (Å²) in [5.41, 5.74) is 3.19. The Morgan fingerprint density at radius 2 is 1.41 bits per heavy atom. The summed E-state index contributed by atoms with van der Waals surface area (Å²) in [4.78, 5) is 20.1. The van der Waals surface area contributed by atoms with E-state index in [9.17, 15) is 9.90 Å². The molecule has 0 aliphatic heterocycles. The van der Waals surface area contributed by atoms with Crippen molar-refractivity contribution in [2.24, 2.45) is 10.8 Å². The summed E-state index contributed by atoms with van der Waals surface area (Å²) in [7, 11) is 0. The minimum absolute atomic E-state index is 0. The molecule has 0 unspecified atom stereocenters. The summed E-state index contributed by atoms with van der Waals surface area (Å²) in [5, 5.41) is 9.56. The Labute approximate surface area is 206 Å². The molecule has 3 aromatic rings. The maximum absolute atomic E-state index is 11.5. The molecule has 1 N–H and O–H groups in total. The Hall–Kier alpha value is -2.58. The van der Waals surface area contributed by atoms with Gasteiger partial charge in [0, 0.05) is 56.1 Å². The first-order chi connectivity index (χ1) is 14.5. The fourth-order valence-electron chi connectivity index (χ4n) is 2.36. The van der Waals surface area contributed by atoms with Crippen LogP contribution in [0, 0.1) is 16.9 Å². The second kappa shape index (κ2) is 11.9. The number of pyridine rings is 2. The molecule has 0 amide bonds. The number of carbonyl (C=O) groups excluding carboxylic acids is 1. The molecule has 0 aliphatic rings. The van der Waals surface area contributed by atoms with Crippen LogP contribution in [0.4, 0.5) is 0 Å². The van der Waals surface area contributed by atoms with Crippen molar-refractivity contribution in [2.75, 3.05) is 0 Å². The van der Waals surface area contributed by atoms with Gasteiger partial charge in [-0.3, -0.25) is 9.78 Å². The monoisotopic (exact) mass is 610 g/mol. The van der Waals surface area contributed by atoms with Crippen molar-refractivity contribution in [3.8, 4) is 22.5 Å². The van der Waals surface area contributed by atoms with Gasteiger partial charge < -0.3 is 10.1 Å². The van der Waals surface area contributed by atoms with Crippen LogP contribution in [0.25, 0.3) is 22.5 Å². The second-order valence-corrected chi connectivity index (χ2v) is 9.31. The Morgan fingerprint density at radius 1 is 0.844 bits per heavy atom. The van der Waals surface area contributed by atoms with E-state index < -0.39 is 5.41 Å². The number of hydrogen-bond donors (Lipinski definition) is 1. The third-order valence-corrected chi connectivity index (χ3v) is 4.49. The van der Waals surface area contributed by atoms with E-state index >= 15 is 0 Å². The smallest absolute Gasteiger partial charge is 0.164 e. The maximum Gasteiger partial charge on any atom is 0.164 e. The zero-order chi connectivity index (χ0) is 23.1. The number of carbonyl (C=O) groups is 1. The summed E-state index contributed by atoms with van der Waals surface area (Å²) >= 11 is 0. The molecule has 0 saturated heterocycles. The van der Waals surface area contributed by atoms with E-state index in [-0.39, 0.29) is 38.0 Å². The molecule has 0 aliphatic carbocycles. The number of aliphatic hydroxyl groups is 1. The number of nitrogens with zero attached hydrogens (tertiary/aromatic N) is 2. The first kappa shape index (κ1) is 27.5. The molecule has 32 heavy (non-hydrogen) atoms. The van der Waals surface area contributed by atoms with Crippen molar-refractivity contribution < 1.29 is 31.0 Å². The van der Waals surface area contributed by atoms with Gasteiger partial charge in [0.25, 0.3) is 0 Å². The van der Waals surface area contributed by atoms with Crippen molar-refractivity contribution in [3.63, 3.8) is 0 Å².